The van der Waals surface area contributed by atoms with Crippen molar-refractivity contribution in [1.29, 1.82) is 0 Å². The summed E-state index contributed by atoms with van der Waals surface area (Å²) in [6, 6.07) is 16.8. The molecular formula is C23H23N3O3S. The van der Waals surface area contributed by atoms with Crippen LogP contribution in [0, 0.1) is 0 Å². The van der Waals surface area contributed by atoms with Gasteiger partial charge in [-0.3, -0.25) is 4.72 Å². The zero-order valence-corrected chi connectivity index (χ0v) is 17.7. The summed E-state index contributed by atoms with van der Waals surface area (Å²) in [4.78, 5) is 5.66. The number of aryl methyl sites for hydroxylation is 1. The lowest BCUT2D eigenvalue weighted by molar-refractivity contribution is 0.311. The molecule has 0 radical (unpaired) electrons. The van der Waals surface area contributed by atoms with Gasteiger partial charge in [0.25, 0.3) is 10.0 Å². The number of aromatic amines is 1. The van der Waals surface area contributed by atoms with Crippen molar-refractivity contribution < 1.29 is 13.2 Å². The van der Waals surface area contributed by atoms with Crippen molar-refractivity contribution in [2.75, 3.05) is 29.8 Å². The van der Waals surface area contributed by atoms with Gasteiger partial charge in [0.15, 0.2) is 0 Å². The monoisotopic (exact) mass is 421 g/mol. The highest BCUT2D eigenvalue weighted by Crippen LogP contribution is 2.34. The highest BCUT2D eigenvalue weighted by Gasteiger charge is 2.21. The maximum absolute atomic E-state index is 13.0. The van der Waals surface area contributed by atoms with Crippen LogP contribution >= 0.6 is 0 Å². The number of benzene rings is 3. The molecule has 0 saturated carbocycles. The first-order valence-corrected chi connectivity index (χ1v) is 11.5. The Labute approximate surface area is 175 Å². The van der Waals surface area contributed by atoms with Gasteiger partial charge in [-0.05, 0) is 42.3 Å². The van der Waals surface area contributed by atoms with Crippen LogP contribution in [0.4, 0.5) is 11.4 Å². The van der Waals surface area contributed by atoms with E-state index >= 15 is 0 Å². The van der Waals surface area contributed by atoms with E-state index in [1.165, 1.54) is 5.56 Å². The molecular weight excluding hydrogens is 398 g/mol. The normalized spacial score (nSPS) is 14.0. The third-order valence-corrected chi connectivity index (χ3v) is 7.07. The third-order valence-electron chi connectivity index (χ3n) is 5.69. The van der Waals surface area contributed by atoms with Gasteiger partial charge in [-0.15, -0.1) is 0 Å². The van der Waals surface area contributed by atoms with Crippen molar-refractivity contribution in [3.63, 3.8) is 0 Å². The Kier molecular flexibility index (Phi) is 4.36. The number of hydrogen-bond acceptors (Lipinski definition) is 4. The van der Waals surface area contributed by atoms with Gasteiger partial charge in [-0.25, -0.2) is 8.42 Å². The molecule has 1 aliphatic heterocycles. The number of likely N-dealkylation sites (N-methyl/N-ethyl adjacent to an activating group) is 1. The second-order valence-electron chi connectivity index (χ2n) is 7.58. The molecule has 0 spiro atoms. The molecule has 0 saturated heterocycles. The van der Waals surface area contributed by atoms with Crippen LogP contribution in [0.25, 0.3) is 21.8 Å². The van der Waals surface area contributed by atoms with E-state index in [-0.39, 0.29) is 4.90 Å². The quantitative estimate of drug-likeness (QED) is 0.508. The lowest BCUT2D eigenvalue weighted by Gasteiger charge is -2.28. The lowest BCUT2D eigenvalue weighted by atomic mass is 10.1. The van der Waals surface area contributed by atoms with Gasteiger partial charge < -0.3 is 14.6 Å². The molecule has 7 heteroatoms. The Balaban J connectivity index is 1.52. The number of nitrogens with one attached hydrogen (secondary N) is 2. The van der Waals surface area contributed by atoms with Crippen LogP contribution in [0.15, 0.2) is 59.5 Å². The maximum Gasteiger partial charge on any atom is 0.261 e. The van der Waals surface area contributed by atoms with E-state index in [9.17, 15) is 8.42 Å². The second kappa shape index (κ2) is 6.95. The molecule has 4 aromatic rings. The Morgan fingerprint density at radius 3 is 2.80 bits per heavy atom. The number of para-hydroxylation sites is 1. The molecule has 30 heavy (non-hydrogen) atoms. The minimum atomic E-state index is -3.73. The van der Waals surface area contributed by atoms with Crippen LogP contribution in [0.3, 0.4) is 0 Å². The summed E-state index contributed by atoms with van der Waals surface area (Å²) < 4.78 is 34.4. The van der Waals surface area contributed by atoms with Crippen LogP contribution < -0.4 is 14.4 Å². The Morgan fingerprint density at radius 2 is 1.97 bits per heavy atom. The predicted octanol–water partition coefficient (Wildman–Crippen LogP) is 4.51. The topological polar surface area (TPSA) is 74.4 Å². The van der Waals surface area contributed by atoms with Crippen LogP contribution in [0.5, 0.6) is 5.75 Å². The second-order valence-corrected chi connectivity index (χ2v) is 9.27. The molecule has 2 N–H and O–H groups in total. The average molecular weight is 422 g/mol. The summed E-state index contributed by atoms with van der Waals surface area (Å²) in [6.45, 7) is 3.44. The van der Waals surface area contributed by atoms with Crippen molar-refractivity contribution in [2.24, 2.45) is 0 Å². The molecule has 1 aromatic heterocycles. The van der Waals surface area contributed by atoms with Crippen LogP contribution in [0.1, 0.15) is 12.5 Å². The van der Waals surface area contributed by atoms with Crippen LogP contribution in [0.2, 0.25) is 0 Å². The van der Waals surface area contributed by atoms with Gasteiger partial charge in [0.1, 0.15) is 12.4 Å². The predicted molar refractivity (Wildman–Crippen MR) is 121 cm³/mol. The summed E-state index contributed by atoms with van der Waals surface area (Å²) in [5, 5.41) is 2.23. The maximum atomic E-state index is 13.0. The summed E-state index contributed by atoms with van der Waals surface area (Å²) in [7, 11) is -1.80. The molecule has 2 heterocycles. The fourth-order valence-electron chi connectivity index (χ4n) is 4.06. The molecule has 0 atom stereocenters. The molecule has 0 amide bonds. The van der Waals surface area contributed by atoms with Crippen molar-refractivity contribution in [3.8, 4) is 5.75 Å². The number of hydrogen-bond donors (Lipinski definition) is 2. The van der Waals surface area contributed by atoms with E-state index in [1.54, 1.807) is 24.3 Å². The Morgan fingerprint density at radius 1 is 1.10 bits per heavy atom. The number of fused-ring (bicyclic) bond motifs is 4. The van der Waals surface area contributed by atoms with E-state index in [0.29, 0.717) is 18.0 Å². The van der Waals surface area contributed by atoms with Crippen molar-refractivity contribution in [3.05, 3.63) is 60.2 Å². The first kappa shape index (κ1) is 18.8. The fourth-order valence-corrected chi connectivity index (χ4v) is 5.13. The molecule has 0 aliphatic carbocycles. The number of H-pyrrole nitrogens is 1. The number of aromatic nitrogens is 1. The SMILES string of the molecule is CCc1cccc2c1[nH]c1cc(NS(=O)(=O)c3ccc4c(c3)N(C)CCO4)ccc12. The summed E-state index contributed by atoms with van der Waals surface area (Å²) in [5.74, 6) is 0.703. The zero-order valence-electron chi connectivity index (χ0n) is 16.9. The van der Waals surface area contributed by atoms with E-state index in [2.05, 4.69) is 34.8 Å². The van der Waals surface area contributed by atoms with Crippen LogP contribution in [-0.4, -0.2) is 33.6 Å². The molecule has 5 rings (SSSR count). The van der Waals surface area contributed by atoms with Crippen molar-refractivity contribution >= 4 is 43.2 Å². The number of rotatable bonds is 4. The fraction of sp³-hybridized carbons (Fsp3) is 0.217. The Hall–Kier alpha value is -3.19. The van der Waals surface area contributed by atoms with E-state index < -0.39 is 10.0 Å². The smallest absolute Gasteiger partial charge is 0.261 e. The number of nitrogens with zero attached hydrogens (tertiary/aromatic N) is 1. The van der Waals surface area contributed by atoms with Crippen LogP contribution in [-0.2, 0) is 16.4 Å². The highest BCUT2D eigenvalue weighted by atomic mass is 32.2. The van der Waals surface area contributed by atoms with E-state index in [1.807, 2.05) is 24.1 Å². The molecule has 6 nitrogen and oxygen atoms in total. The summed E-state index contributed by atoms with van der Waals surface area (Å²) in [6.07, 6.45) is 0.931. The third kappa shape index (κ3) is 3.06. The summed E-state index contributed by atoms with van der Waals surface area (Å²) in [5.41, 5.74) is 4.56. The van der Waals surface area contributed by atoms with Gasteiger partial charge in [-0.2, -0.15) is 0 Å². The van der Waals surface area contributed by atoms with Crippen molar-refractivity contribution in [2.45, 2.75) is 18.2 Å². The zero-order chi connectivity index (χ0) is 20.9. The molecule has 0 bridgehead atoms. The lowest BCUT2D eigenvalue weighted by Crippen LogP contribution is -2.29. The highest BCUT2D eigenvalue weighted by molar-refractivity contribution is 7.92. The van der Waals surface area contributed by atoms with Gasteiger partial charge in [0, 0.05) is 28.9 Å². The van der Waals surface area contributed by atoms with Crippen molar-refractivity contribution in [1.82, 2.24) is 4.98 Å². The number of ether oxygens (including phenoxy) is 1. The Bertz CT molecular complexity index is 1380. The number of anilines is 2. The molecule has 1 aliphatic rings. The van der Waals surface area contributed by atoms with Gasteiger partial charge in [-0.1, -0.05) is 31.2 Å². The molecule has 3 aromatic carbocycles. The molecule has 154 valence electrons. The number of sulfonamides is 1. The van der Waals surface area contributed by atoms with Gasteiger partial charge in [0.05, 0.1) is 22.8 Å². The van der Waals surface area contributed by atoms with Gasteiger partial charge >= 0.3 is 0 Å². The minimum Gasteiger partial charge on any atom is -0.490 e. The molecule has 0 fully saturated rings. The average Bonchev–Trinajstić information content (AvgIpc) is 3.11. The van der Waals surface area contributed by atoms with E-state index in [0.717, 1.165) is 40.5 Å². The van der Waals surface area contributed by atoms with E-state index in [4.69, 9.17) is 4.74 Å². The largest absolute Gasteiger partial charge is 0.490 e. The molecule has 0 unspecified atom stereocenters. The first-order chi connectivity index (χ1) is 14.5. The standard InChI is InChI=1S/C23H23N3O3S/c1-3-15-5-4-6-19-18-9-7-16(13-20(18)24-23(15)19)25-30(27,28)17-8-10-22-21(14-17)26(2)11-12-29-22/h4-10,13-14,24-25H,3,11-12H2,1-2H3. The summed E-state index contributed by atoms with van der Waals surface area (Å²) >= 11 is 0. The van der Waals surface area contributed by atoms with Gasteiger partial charge in [0.2, 0.25) is 0 Å². The minimum absolute atomic E-state index is 0.212. The first-order valence-electron chi connectivity index (χ1n) is 10.0.